The van der Waals surface area contributed by atoms with Crippen LogP contribution in [0, 0.1) is 12.7 Å². The van der Waals surface area contributed by atoms with Gasteiger partial charge in [0, 0.05) is 30.9 Å². The number of anilines is 2. The van der Waals surface area contributed by atoms with Gasteiger partial charge in [-0.05, 0) is 42.3 Å². The van der Waals surface area contributed by atoms with Gasteiger partial charge in [-0.15, -0.1) is 0 Å². The lowest BCUT2D eigenvalue weighted by atomic mass is 10.1. The molecule has 0 saturated carbocycles. The Hall–Kier alpha value is -2.56. The second kappa shape index (κ2) is 6.26. The summed E-state index contributed by atoms with van der Waals surface area (Å²) in [6.45, 7) is 3.75. The zero-order valence-corrected chi connectivity index (χ0v) is 11.9. The predicted molar refractivity (Wildman–Crippen MR) is 80.9 cm³/mol. The van der Waals surface area contributed by atoms with Crippen molar-refractivity contribution in [3.8, 4) is 5.75 Å². The van der Waals surface area contributed by atoms with Crippen LogP contribution in [0.4, 0.5) is 15.8 Å². The quantitative estimate of drug-likeness (QED) is 0.808. The molecule has 5 heteroatoms. The minimum Gasteiger partial charge on any atom is -0.508 e. The summed E-state index contributed by atoms with van der Waals surface area (Å²) < 4.78 is 13.2. The number of aromatic hydroxyl groups is 1. The second-order valence-electron chi connectivity index (χ2n) is 4.88. The van der Waals surface area contributed by atoms with Crippen LogP contribution >= 0.6 is 0 Å². The number of carbonyl (C=O) groups is 1. The monoisotopic (exact) mass is 288 g/mol. The van der Waals surface area contributed by atoms with Crippen LogP contribution in [0.1, 0.15) is 18.1 Å². The minimum absolute atomic E-state index is 0.101. The molecule has 2 rings (SSSR count). The van der Waals surface area contributed by atoms with E-state index >= 15 is 0 Å². The predicted octanol–water partition coefficient (Wildman–Crippen LogP) is 3.41. The van der Waals surface area contributed by atoms with Crippen LogP contribution < -0.4 is 10.6 Å². The van der Waals surface area contributed by atoms with Gasteiger partial charge < -0.3 is 15.7 Å². The molecular weight excluding hydrogens is 271 g/mol. The standard InChI is InChI=1S/C16H17FN2O2/c1-10-3-4-14(19-11(2)20)8-16(10)18-9-12-5-13(17)7-15(21)6-12/h3-8,18,21H,9H2,1-2H3,(H,19,20). The van der Waals surface area contributed by atoms with E-state index < -0.39 is 5.82 Å². The number of aryl methyl sites for hydroxylation is 1. The third kappa shape index (κ3) is 4.21. The number of hydrogen-bond donors (Lipinski definition) is 3. The van der Waals surface area contributed by atoms with Gasteiger partial charge in [0.15, 0.2) is 0 Å². The molecule has 0 fully saturated rings. The molecule has 0 atom stereocenters. The number of carbonyl (C=O) groups excluding carboxylic acids is 1. The van der Waals surface area contributed by atoms with Gasteiger partial charge in [-0.1, -0.05) is 6.07 Å². The Morgan fingerprint density at radius 2 is 2.00 bits per heavy atom. The van der Waals surface area contributed by atoms with E-state index in [1.807, 2.05) is 25.1 Å². The highest BCUT2D eigenvalue weighted by atomic mass is 19.1. The topological polar surface area (TPSA) is 61.4 Å². The summed E-state index contributed by atoms with van der Waals surface area (Å²) in [6, 6.07) is 9.44. The number of hydrogen-bond acceptors (Lipinski definition) is 3. The van der Waals surface area contributed by atoms with E-state index in [1.165, 1.54) is 19.1 Å². The lowest BCUT2D eigenvalue weighted by Gasteiger charge is -2.12. The van der Waals surface area contributed by atoms with Crippen LogP contribution in [0.25, 0.3) is 0 Å². The van der Waals surface area contributed by atoms with Crippen molar-refractivity contribution < 1.29 is 14.3 Å². The molecule has 0 unspecified atom stereocenters. The Morgan fingerprint density at radius 1 is 1.24 bits per heavy atom. The zero-order valence-electron chi connectivity index (χ0n) is 11.9. The summed E-state index contributed by atoms with van der Waals surface area (Å²) in [7, 11) is 0. The Bertz CT molecular complexity index is 651. The molecule has 0 bridgehead atoms. The summed E-state index contributed by atoms with van der Waals surface area (Å²) in [5, 5.41) is 15.3. The van der Waals surface area contributed by atoms with E-state index in [0.29, 0.717) is 17.8 Å². The summed E-state index contributed by atoms with van der Waals surface area (Å²) in [4.78, 5) is 11.1. The normalized spacial score (nSPS) is 10.2. The van der Waals surface area contributed by atoms with E-state index in [-0.39, 0.29) is 11.7 Å². The van der Waals surface area contributed by atoms with Crippen molar-refractivity contribution in [3.63, 3.8) is 0 Å². The Morgan fingerprint density at radius 3 is 2.67 bits per heavy atom. The van der Waals surface area contributed by atoms with Gasteiger partial charge in [0.05, 0.1) is 0 Å². The molecule has 110 valence electrons. The molecule has 0 aromatic heterocycles. The molecule has 0 heterocycles. The highest BCUT2D eigenvalue weighted by Crippen LogP contribution is 2.22. The first kappa shape index (κ1) is 14.8. The number of phenolic OH excluding ortho intramolecular Hbond substituents is 1. The van der Waals surface area contributed by atoms with E-state index in [2.05, 4.69) is 10.6 Å². The average molecular weight is 288 g/mol. The highest BCUT2D eigenvalue weighted by molar-refractivity contribution is 5.89. The van der Waals surface area contributed by atoms with Crippen LogP contribution in [0.2, 0.25) is 0 Å². The summed E-state index contributed by atoms with van der Waals surface area (Å²) >= 11 is 0. The van der Waals surface area contributed by atoms with Gasteiger partial charge in [-0.3, -0.25) is 4.79 Å². The van der Waals surface area contributed by atoms with Crippen LogP contribution in [0.15, 0.2) is 36.4 Å². The molecule has 0 aliphatic carbocycles. The fraction of sp³-hybridized carbons (Fsp3) is 0.188. The van der Waals surface area contributed by atoms with E-state index in [9.17, 15) is 14.3 Å². The number of benzene rings is 2. The maximum absolute atomic E-state index is 13.2. The smallest absolute Gasteiger partial charge is 0.221 e. The van der Waals surface area contributed by atoms with Crippen LogP contribution in [-0.2, 0) is 11.3 Å². The van der Waals surface area contributed by atoms with Crippen molar-refractivity contribution >= 4 is 17.3 Å². The first-order valence-electron chi connectivity index (χ1n) is 6.54. The molecule has 2 aromatic rings. The average Bonchev–Trinajstić information content (AvgIpc) is 2.37. The molecule has 0 aliphatic rings. The molecule has 4 nitrogen and oxygen atoms in total. The van der Waals surface area contributed by atoms with Crippen LogP contribution in [0.5, 0.6) is 5.75 Å². The number of rotatable bonds is 4. The first-order valence-corrected chi connectivity index (χ1v) is 6.54. The fourth-order valence-corrected chi connectivity index (χ4v) is 2.03. The lowest BCUT2D eigenvalue weighted by Crippen LogP contribution is -2.07. The molecule has 1 amide bonds. The summed E-state index contributed by atoms with van der Waals surface area (Å²) in [6.07, 6.45) is 0. The van der Waals surface area contributed by atoms with Crippen LogP contribution in [-0.4, -0.2) is 11.0 Å². The maximum atomic E-state index is 13.2. The fourth-order valence-electron chi connectivity index (χ4n) is 2.03. The van der Waals surface area contributed by atoms with Crippen molar-refractivity contribution in [1.82, 2.24) is 0 Å². The first-order chi connectivity index (χ1) is 9.94. The van der Waals surface area contributed by atoms with Crippen molar-refractivity contribution in [2.45, 2.75) is 20.4 Å². The maximum Gasteiger partial charge on any atom is 0.221 e. The molecule has 3 N–H and O–H groups in total. The molecule has 0 radical (unpaired) electrons. The third-order valence-electron chi connectivity index (χ3n) is 2.98. The Kier molecular flexibility index (Phi) is 4.42. The molecule has 0 spiro atoms. The molecule has 0 saturated heterocycles. The number of nitrogens with one attached hydrogen (secondary N) is 2. The SMILES string of the molecule is CC(=O)Nc1ccc(C)c(NCc2cc(O)cc(F)c2)c1. The third-order valence-corrected chi connectivity index (χ3v) is 2.98. The Balaban J connectivity index is 2.13. The number of phenols is 1. The van der Waals surface area contributed by atoms with Crippen LogP contribution in [0.3, 0.4) is 0 Å². The zero-order chi connectivity index (χ0) is 15.4. The lowest BCUT2D eigenvalue weighted by molar-refractivity contribution is -0.114. The highest BCUT2D eigenvalue weighted by Gasteiger charge is 2.04. The van der Waals surface area contributed by atoms with Crippen molar-refractivity contribution in [3.05, 3.63) is 53.3 Å². The molecule has 0 aliphatic heterocycles. The van der Waals surface area contributed by atoms with Crippen molar-refractivity contribution in [1.29, 1.82) is 0 Å². The number of halogens is 1. The van der Waals surface area contributed by atoms with E-state index in [0.717, 1.165) is 17.3 Å². The second-order valence-corrected chi connectivity index (χ2v) is 4.88. The molecule has 21 heavy (non-hydrogen) atoms. The largest absolute Gasteiger partial charge is 0.508 e. The van der Waals surface area contributed by atoms with Gasteiger partial charge >= 0.3 is 0 Å². The number of amides is 1. The van der Waals surface area contributed by atoms with Gasteiger partial charge in [0.2, 0.25) is 5.91 Å². The van der Waals surface area contributed by atoms with Gasteiger partial charge in [-0.25, -0.2) is 4.39 Å². The van der Waals surface area contributed by atoms with E-state index in [1.54, 1.807) is 0 Å². The van der Waals surface area contributed by atoms with E-state index in [4.69, 9.17) is 0 Å². The van der Waals surface area contributed by atoms with Crippen molar-refractivity contribution in [2.24, 2.45) is 0 Å². The summed E-state index contributed by atoms with van der Waals surface area (Å²) in [5.41, 5.74) is 3.17. The van der Waals surface area contributed by atoms with Gasteiger partial charge in [-0.2, -0.15) is 0 Å². The van der Waals surface area contributed by atoms with Gasteiger partial charge in [0.1, 0.15) is 11.6 Å². The van der Waals surface area contributed by atoms with Crippen molar-refractivity contribution in [2.75, 3.05) is 10.6 Å². The molecular formula is C16H17FN2O2. The Labute approximate surface area is 122 Å². The molecule has 2 aromatic carbocycles. The summed E-state index contributed by atoms with van der Waals surface area (Å²) in [5.74, 6) is -0.717. The minimum atomic E-state index is -0.476. The van der Waals surface area contributed by atoms with Gasteiger partial charge in [0.25, 0.3) is 0 Å².